The van der Waals surface area contributed by atoms with Crippen molar-refractivity contribution < 1.29 is 9.53 Å². The van der Waals surface area contributed by atoms with Crippen molar-refractivity contribution in [1.82, 2.24) is 10.2 Å². The van der Waals surface area contributed by atoms with E-state index in [0.29, 0.717) is 10.9 Å². The van der Waals surface area contributed by atoms with Crippen LogP contribution in [0.4, 0.5) is 0 Å². The summed E-state index contributed by atoms with van der Waals surface area (Å²) in [4.78, 5) is 13.8. The Hall–Kier alpha value is -1.62. The van der Waals surface area contributed by atoms with Gasteiger partial charge in [-0.3, -0.25) is 4.79 Å². The number of carbonyl (C=O) groups is 1. The number of benzene rings is 1. The highest BCUT2D eigenvalue weighted by Gasteiger charge is 2.15. The quantitative estimate of drug-likeness (QED) is 0.868. The minimum absolute atomic E-state index is 0.0164. The molecule has 0 spiro atoms. The van der Waals surface area contributed by atoms with E-state index in [0.717, 1.165) is 31.5 Å². The summed E-state index contributed by atoms with van der Waals surface area (Å²) in [6.45, 7) is 3.82. The minimum atomic E-state index is -0.206. The second-order valence-electron chi connectivity index (χ2n) is 5.01. The SMILES string of the molecule is Cc1cccc(OCC(=O)NC(=S)N2CCCCC2)c1. The molecule has 1 saturated heterocycles. The van der Waals surface area contributed by atoms with Crippen molar-refractivity contribution in [2.45, 2.75) is 26.2 Å². The van der Waals surface area contributed by atoms with Gasteiger partial charge < -0.3 is 15.0 Å². The average molecular weight is 292 g/mol. The molecule has 0 saturated carbocycles. The van der Waals surface area contributed by atoms with E-state index in [1.54, 1.807) is 0 Å². The highest BCUT2D eigenvalue weighted by Crippen LogP contribution is 2.12. The van der Waals surface area contributed by atoms with Crippen LogP contribution in [-0.2, 0) is 4.79 Å². The van der Waals surface area contributed by atoms with Gasteiger partial charge in [-0.05, 0) is 56.1 Å². The van der Waals surface area contributed by atoms with Crippen molar-refractivity contribution in [2.24, 2.45) is 0 Å². The van der Waals surface area contributed by atoms with E-state index in [-0.39, 0.29) is 12.5 Å². The van der Waals surface area contributed by atoms with Crippen molar-refractivity contribution in [2.75, 3.05) is 19.7 Å². The van der Waals surface area contributed by atoms with Gasteiger partial charge in [-0.25, -0.2) is 0 Å². The predicted molar refractivity (Wildman–Crippen MR) is 82.8 cm³/mol. The van der Waals surface area contributed by atoms with Crippen LogP contribution >= 0.6 is 12.2 Å². The Morgan fingerprint density at radius 3 is 2.80 bits per heavy atom. The van der Waals surface area contributed by atoms with E-state index >= 15 is 0 Å². The van der Waals surface area contributed by atoms with E-state index in [2.05, 4.69) is 5.32 Å². The van der Waals surface area contributed by atoms with Crippen LogP contribution in [0, 0.1) is 6.92 Å². The maximum Gasteiger partial charge on any atom is 0.264 e. The zero-order chi connectivity index (χ0) is 14.4. The molecule has 0 bridgehead atoms. The van der Waals surface area contributed by atoms with Crippen LogP contribution in [0.2, 0.25) is 0 Å². The first-order chi connectivity index (χ1) is 9.65. The summed E-state index contributed by atoms with van der Waals surface area (Å²) in [6.07, 6.45) is 3.51. The third-order valence-electron chi connectivity index (χ3n) is 3.25. The Morgan fingerprint density at radius 2 is 2.10 bits per heavy atom. The van der Waals surface area contributed by atoms with Crippen LogP contribution < -0.4 is 10.1 Å². The Balaban J connectivity index is 1.76. The molecule has 4 nitrogen and oxygen atoms in total. The number of thiocarbonyl (C=S) groups is 1. The summed E-state index contributed by atoms with van der Waals surface area (Å²) in [5, 5.41) is 3.24. The Bertz CT molecular complexity index is 485. The molecule has 2 rings (SSSR count). The first kappa shape index (κ1) is 14.8. The lowest BCUT2D eigenvalue weighted by molar-refractivity contribution is -0.121. The molecule has 0 radical (unpaired) electrons. The molecule has 1 fully saturated rings. The molecule has 1 N–H and O–H groups in total. The summed E-state index contributed by atoms with van der Waals surface area (Å²) in [7, 11) is 0. The standard InChI is InChI=1S/C15H20N2O2S/c1-12-6-5-7-13(10-12)19-11-14(18)16-15(20)17-8-3-2-4-9-17/h5-7,10H,2-4,8-9,11H2,1H3,(H,16,18,20). The molecule has 0 aromatic heterocycles. The minimum Gasteiger partial charge on any atom is -0.484 e. The van der Waals surface area contributed by atoms with Crippen molar-refractivity contribution in [3.05, 3.63) is 29.8 Å². The molecule has 1 aliphatic heterocycles. The fraction of sp³-hybridized carbons (Fsp3) is 0.467. The maximum absolute atomic E-state index is 11.8. The highest BCUT2D eigenvalue weighted by molar-refractivity contribution is 7.80. The number of rotatable bonds is 3. The van der Waals surface area contributed by atoms with Crippen molar-refractivity contribution >= 4 is 23.2 Å². The number of hydrogen-bond acceptors (Lipinski definition) is 3. The lowest BCUT2D eigenvalue weighted by atomic mass is 10.1. The topological polar surface area (TPSA) is 41.6 Å². The van der Waals surface area contributed by atoms with Gasteiger partial charge in [0.2, 0.25) is 0 Å². The second-order valence-corrected chi connectivity index (χ2v) is 5.39. The molecule has 1 heterocycles. The van der Waals surface area contributed by atoms with E-state index < -0.39 is 0 Å². The number of carbonyl (C=O) groups excluding carboxylic acids is 1. The summed E-state index contributed by atoms with van der Waals surface area (Å²) >= 11 is 5.24. The molecule has 1 aliphatic rings. The van der Waals surface area contributed by atoms with Gasteiger partial charge >= 0.3 is 0 Å². The molecular formula is C15H20N2O2S. The lowest BCUT2D eigenvalue weighted by Crippen LogP contribution is -2.46. The van der Waals surface area contributed by atoms with Crippen LogP contribution in [0.1, 0.15) is 24.8 Å². The molecule has 0 atom stereocenters. The Morgan fingerprint density at radius 1 is 1.35 bits per heavy atom. The fourth-order valence-corrected chi connectivity index (χ4v) is 2.48. The lowest BCUT2D eigenvalue weighted by Gasteiger charge is -2.28. The van der Waals surface area contributed by atoms with E-state index in [4.69, 9.17) is 17.0 Å². The number of aryl methyl sites for hydroxylation is 1. The molecule has 20 heavy (non-hydrogen) atoms. The van der Waals surface area contributed by atoms with Gasteiger partial charge in [0.05, 0.1) is 0 Å². The molecule has 0 unspecified atom stereocenters. The van der Waals surface area contributed by atoms with Crippen LogP contribution in [0.25, 0.3) is 0 Å². The summed E-state index contributed by atoms with van der Waals surface area (Å²) in [5.41, 5.74) is 1.10. The highest BCUT2D eigenvalue weighted by atomic mass is 32.1. The smallest absolute Gasteiger partial charge is 0.264 e. The van der Waals surface area contributed by atoms with Gasteiger partial charge in [0.1, 0.15) is 5.75 Å². The first-order valence-electron chi connectivity index (χ1n) is 6.93. The monoisotopic (exact) mass is 292 g/mol. The Kier molecular flexibility index (Phi) is 5.35. The largest absolute Gasteiger partial charge is 0.484 e. The molecule has 1 aromatic carbocycles. The number of nitrogens with one attached hydrogen (secondary N) is 1. The summed E-state index contributed by atoms with van der Waals surface area (Å²) in [5.74, 6) is 0.492. The van der Waals surface area contributed by atoms with E-state index in [1.165, 1.54) is 6.42 Å². The van der Waals surface area contributed by atoms with Gasteiger partial charge in [-0.2, -0.15) is 0 Å². The molecule has 1 aromatic rings. The molecule has 0 aliphatic carbocycles. The van der Waals surface area contributed by atoms with Crippen molar-refractivity contribution in [1.29, 1.82) is 0 Å². The fourth-order valence-electron chi connectivity index (χ4n) is 2.19. The van der Waals surface area contributed by atoms with Crippen molar-refractivity contribution in [3.63, 3.8) is 0 Å². The van der Waals surface area contributed by atoms with Crippen LogP contribution in [0.3, 0.4) is 0 Å². The third-order valence-corrected chi connectivity index (χ3v) is 3.61. The molecule has 108 valence electrons. The predicted octanol–water partition coefficient (Wildman–Crippen LogP) is 2.26. The van der Waals surface area contributed by atoms with Gasteiger partial charge in [-0.15, -0.1) is 0 Å². The second kappa shape index (κ2) is 7.24. The first-order valence-corrected chi connectivity index (χ1v) is 7.34. The normalized spacial score (nSPS) is 14.8. The van der Waals surface area contributed by atoms with Gasteiger partial charge in [0.25, 0.3) is 5.91 Å². The average Bonchev–Trinajstić information content (AvgIpc) is 2.46. The number of nitrogens with zero attached hydrogens (tertiary/aromatic N) is 1. The number of hydrogen-bond donors (Lipinski definition) is 1. The van der Waals surface area contributed by atoms with Crippen molar-refractivity contribution in [3.8, 4) is 5.75 Å². The van der Waals surface area contributed by atoms with Gasteiger partial charge in [0, 0.05) is 13.1 Å². The van der Waals surface area contributed by atoms with Crippen LogP contribution in [0.5, 0.6) is 5.75 Å². The number of piperidine rings is 1. The van der Waals surface area contributed by atoms with Gasteiger partial charge in [-0.1, -0.05) is 12.1 Å². The maximum atomic E-state index is 11.8. The van der Waals surface area contributed by atoms with Crippen LogP contribution in [0.15, 0.2) is 24.3 Å². The third kappa shape index (κ3) is 4.49. The van der Waals surface area contributed by atoms with E-state index in [9.17, 15) is 4.79 Å². The van der Waals surface area contributed by atoms with E-state index in [1.807, 2.05) is 36.1 Å². The summed E-state index contributed by atoms with van der Waals surface area (Å²) in [6, 6.07) is 7.62. The van der Waals surface area contributed by atoms with Gasteiger partial charge in [0.15, 0.2) is 11.7 Å². The zero-order valence-corrected chi connectivity index (χ0v) is 12.5. The van der Waals surface area contributed by atoms with Crippen LogP contribution in [-0.4, -0.2) is 35.6 Å². The number of amides is 1. The number of ether oxygens (including phenoxy) is 1. The molecular weight excluding hydrogens is 272 g/mol. The molecule has 5 heteroatoms. The Labute approximate surface area is 125 Å². The summed E-state index contributed by atoms with van der Waals surface area (Å²) < 4.78 is 5.45. The molecule has 1 amide bonds. The zero-order valence-electron chi connectivity index (χ0n) is 11.7. The number of likely N-dealkylation sites (tertiary alicyclic amines) is 1.